The molecule has 38 heavy (non-hydrogen) atoms. The van der Waals surface area contributed by atoms with Gasteiger partial charge in [-0.3, -0.25) is 24.3 Å². The lowest BCUT2D eigenvalue weighted by atomic mass is 10.1. The molecule has 1 aromatic heterocycles. The highest BCUT2D eigenvalue weighted by atomic mass is 32.2. The maximum Gasteiger partial charge on any atom is 0.273 e. The fourth-order valence-electron chi connectivity index (χ4n) is 3.91. The second-order valence-electron chi connectivity index (χ2n) is 8.67. The number of amides is 2. The van der Waals surface area contributed by atoms with E-state index in [0.29, 0.717) is 11.0 Å². The van der Waals surface area contributed by atoms with Gasteiger partial charge in [0.15, 0.2) is 11.0 Å². The van der Waals surface area contributed by atoms with Crippen molar-refractivity contribution < 1.29 is 14.5 Å². The van der Waals surface area contributed by atoms with Gasteiger partial charge >= 0.3 is 0 Å². The number of thioether (sulfide) groups is 1. The van der Waals surface area contributed by atoms with Crippen molar-refractivity contribution in [2.45, 2.75) is 32.5 Å². The highest BCUT2D eigenvalue weighted by Crippen LogP contribution is 2.24. The molecule has 0 fully saturated rings. The molecule has 0 saturated heterocycles. The van der Waals surface area contributed by atoms with Crippen LogP contribution in [0, 0.1) is 30.9 Å². The molecular formula is C27H26N6O4S. The van der Waals surface area contributed by atoms with Crippen LogP contribution in [0.4, 0.5) is 11.4 Å². The minimum atomic E-state index is -0.515. The van der Waals surface area contributed by atoms with Crippen LogP contribution in [0.15, 0.2) is 71.9 Å². The Balaban J connectivity index is 1.53. The molecule has 1 heterocycles. The number of aromatic nitrogens is 3. The van der Waals surface area contributed by atoms with Gasteiger partial charge in [-0.05, 0) is 62.2 Å². The van der Waals surface area contributed by atoms with E-state index in [4.69, 9.17) is 0 Å². The molecule has 3 aromatic carbocycles. The number of benzene rings is 3. The van der Waals surface area contributed by atoms with Gasteiger partial charge in [0, 0.05) is 28.6 Å². The van der Waals surface area contributed by atoms with Crippen LogP contribution in [0.3, 0.4) is 0 Å². The minimum absolute atomic E-state index is 0.0257. The summed E-state index contributed by atoms with van der Waals surface area (Å²) in [6.45, 7) is 5.48. The molecule has 0 saturated carbocycles. The first-order valence-electron chi connectivity index (χ1n) is 11.8. The summed E-state index contributed by atoms with van der Waals surface area (Å²) < 4.78 is 1.79. The standard InChI is InChI=1S/C27H26N6O4S/c1-17-7-4-9-20(13-17)29-25(34)16-38-27-31-30-24(32(27)21-10-5-8-18(2)14-21)15-28-26(35)22-11-6-12-23(19(22)3)33(36)37/h4-14H,15-16H2,1-3H3,(H,28,35)(H,29,34). The smallest absolute Gasteiger partial charge is 0.273 e. The van der Waals surface area contributed by atoms with Crippen molar-refractivity contribution in [1.82, 2.24) is 20.1 Å². The van der Waals surface area contributed by atoms with Crippen molar-refractivity contribution in [2.75, 3.05) is 11.1 Å². The molecule has 194 valence electrons. The summed E-state index contributed by atoms with van der Waals surface area (Å²) >= 11 is 1.23. The van der Waals surface area contributed by atoms with E-state index in [9.17, 15) is 19.7 Å². The summed E-state index contributed by atoms with van der Waals surface area (Å²) in [5, 5.41) is 26.0. The summed E-state index contributed by atoms with van der Waals surface area (Å²) in [5.41, 5.74) is 3.94. The number of nitro benzene ring substituents is 1. The first kappa shape index (κ1) is 26.6. The molecule has 0 spiro atoms. The van der Waals surface area contributed by atoms with Gasteiger partial charge in [-0.1, -0.05) is 42.1 Å². The summed E-state index contributed by atoms with van der Waals surface area (Å²) in [6.07, 6.45) is 0. The lowest BCUT2D eigenvalue weighted by molar-refractivity contribution is -0.385. The van der Waals surface area contributed by atoms with E-state index in [1.54, 1.807) is 11.5 Å². The summed E-state index contributed by atoms with van der Waals surface area (Å²) in [5.74, 6) is -0.0855. The van der Waals surface area contributed by atoms with Gasteiger partial charge < -0.3 is 10.6 Å². The average Bonchev–Trinajstić information content (AvgIpc) is 3.29. The Morgan fingerprint density at radius 3 is 2.39 bits per heavy atom. The van der Waals surface area contributed by atoms with E-state index < -0.39 is 10.8 Å². The number of hydrogen-bond acceptors (Lipinski definition) is 7. The highest BCUT2D eigenvalue weighted by molar-refractivity contribution is 7.99. The molecule has 0 radical (unpaired) electrons. The second kappa shape index (κ2) is 11.7. The van der Waals surface area contributed by atoms with Gasteiger partial charge in [-0.15, -0.1) is 10.2 Å². The Bertz CT molecular complexity index is 1520. The normalized spacial score (nSPS) is 10.7. The average molecular weight is 531 g/mol. The minimum Gasteiger partial charge on any atom is -0.345 e. The van der Waals surface area contributed by atoms with E-state index >= 15 is 0 Å². The van der Waals surface area contributed by atoms with Crippen LogP contribution in [0.1, 0.15) is 32.9 Å². The number of carbonyl (C=O) groups is 2. The van der Waals surface area contributed by atoms with Crippen LogP contribution >= 0.6 is 11.8 Å². The van der Waals surface area contributed by atoms with Crippen molar-refractivity contribution in [3.05, 3.63) is 105 Å². The molecule has 2 N–H and O–H groups in total. The lowest BCUT2D eigenvalue weighted by Gasteiger charge is -2.12. The molecule has 11 heteroatoms. The van der Waals surface area contributed by atoms with Crippen molar-refractivity contribution in [3.8, 4) is 5.69 Å². The van der Waals surface area contributed by atoms with E-state index in [1.165, 1.54) is 30.0 Å². The molecule has 0 aliphatic carbocycles. The first-order chi connectivity index (χ1) is 18.2. The van der Waals surface area contributed by atoms with Gasteiger partial charge in [-0.2, -0.15) is 0 Å². The molecule has 0 aliphatic rings. The number of aryl methyl sites for hydroxylation is 2. The van der Waals surface area contributed by atoms with Crippen molar-refractivity contribution >= 4 is 35.0 Å². The van der Waals surface area contributed by atoms with Gasteiger partial charge in [0.2, 0.25) is 5.91 Å². The monoisotopic (exact) mass is 530 g/mol. The van der Waals surface area contributed by atoms with Crippen LogP contribution in [-0.2, 0) is 11.3 Å². The molecule has 0 atom stereocenters. The number of hydrogen-bond donors (Lipinski definition) is 2. The predicted molar refractivity (Wildman–Crippen MR) is 146 cm³/mol. The van der Waals surface area contributed by atoms with Crippen LogP contribution in [0.2, 0.25) is 0 Å². The highest BCUT2D eigenvalue weighted by Gasteiger charge is 2.20. The molecule has 0 aliphatic heterocycles. The third-order valence-corrected chi connectivity index (χ3v) is 6.68. The van der Waals surface area contributed by atoms with E-state index in [2.05, 4.69) is 20.8 Å². The van der Waals surface area contributed by atoms with Crippen LogP contribution in [0.5, 0.6) is 0 Å². The number of nitrogens with zero attached hydrogens (tertiary/aromatic N) is 4. The Morgan fingerprint density at radius 1 is 0.974 bits per heavy atom. The van der Waals surface area contributed by atoms with E-state index in [1.807, 2.05) is 62.4 Å². The Hall–Kier alpha value is -4.51. The van der Waals surface area contributed by atoms with E-state index in [-0.39, 0.29) is 35.0 Å². The molecule has 0 bridgehead atoms. The number of nitrogens with one attached hydrogen (secondary N) is 2. The third-order valence-electron chi connectivity index (χ3n) is 5.75. The summed E-state index contributed by atoms with van der Waals surface area (Å²) in [6, 6.07) is 19.6. The molecule has 0 unspecified atom stereocenters. The zero-order chi connectivity index (χ0) is 27.2. The Labute approximate surface area is 223 Å². The summed E-state index contributed by atoms with van der Waals surface area (Å²) in [4.78, 5) is 36.2. The van der Waals surface area contributed by atoms with Gasteiger partial charge in [0.05, 0.1) is 17.2 Å². The van der Waals surface area contributed by atoms with E-state index in [0.717, 1.165) is 22.5 Å². The maximum absolute atomic E-state index is 12.9. The lowest BCUT2D eigenvalue weighted by Crippen LogP contribution is -2.25. The zero-order valence-corrected chi connectivity index (χ0v) is 21.9. The first-order valence-corrected chi connectivity index (χ1v) is 12.7. The quantitative estimate of drug-likeness (QED) is 0.181. The Kier molecular flexibility index (Phi) is 8.17. The van der Waals surface area contributed by atoms with Gasteiger partial charge in [-0.25, -0.2) is 0 Å². The zero-order valence-electron chi connectivity index (χ0n) is 21.1. The topological polar surface area (TPSA) is 132 Å². The largest absolute Gasteiger partial charge is 0.345 e. The maximum atomic E-state index is 12.9. The van der Waals surface area contributed by atoms with Crippen LogP contribution in [0.25, 0.3) is 5.69 Å². The van der Waals surface area contributed by atoms with Gasteiger partial charge in [0.1, 0.15) is 0 Å². The molecular weight excluding hydrogens is 504 g/mol. The van der Waals surface area contributed by atoms with Crippen LogP contribution < -0.4 is 10.6 Å². The molecule has 4 rings (SSSR count). The number of rotatable bonds is 9. The van der Waals surface area contributed by atoms with Crippen LogP contribution in [-0.4, -0.2) is 37.3 Å². The summed E-state index contributed by atoms with van der Waals surface area (Å²) in [7, 11) is 0. The van der Waals surface area contributed by atoms with Gasteiger partial charge in [0.25, 0.3) is 11.6 Å². The number of carbonyl (C=O) groups excluding carboxylic acids is 2. The number of anilines is 1. The Morgan fingerprint density at radius 2 is 1.68 bits per heavy atom. The SMILES string of the molecule is Cc1cccc(NC(=O)CSc2nnc(CNC(=O)c3cccc([N+](=O)[O-])c3C)n2-c2cccc(C)c2)c1. The second-order valence-corrected chi connectivity index (χ2v) is 9.61. The molecule has 10 nitrogen and oxygen atoms in total. The molecule has 2 amide bonds. The van der Waals surface area contributed by atoms with Crippen molar-refractivity contribution in [2.24, 2.45) is 0 Å². The fourth-order valence-corrected chi connectivity index (χ4v) is 4.68. The number of nitro groups is 1. The molecule has 4 aromatic rings. The third kappa shape index (κ3) is 6.24. The fraction of sp³-hybridized carbons (Fsp3) is 0.185. The predicted octanol–water partition coefficient (Wildman–Crippen LogP) is 4.76. The van der Waals surface area contributed by atoms with Crippen molar-refractivity contribution in [3.63, 3.8) is 0 Å². The van der Waals surface area contributed by atoms with Crippen molar-refractivity contribution in [1.29, 1.82) is 0 Å².